The molecule has 25 heteroatoms. The number of imidazole rings is 2. The first-order chi connectivity index (χ1) is 53.3. The minimum atomic E-state index is -0.447. The molecule has 0 atom stereocenters. The van der Waals surface area contributed by atoms with Gasteiger partial charge in [-0.05, 0) is 137 Å². The zero-order valence-corrected chi connectivity index (χ0v) is 63.9. The molecule has 16 rings (SSSR count). The van der Waals surface area contributed by atoms with Gasteiger partial charge in [0, 0.05) is 96.4 Å². The van der Waals surface area contributed by atoms with Crippen LogP contribution in [0.25, 0.3) is 55.1 Å². The molecule has 1 aliphatic heterocycles. The molecule has 24 nitrogen and oxygen atoms in total. The van der Waals surface area contributed by atoms with E-state index in [2.05, 4.69) is 138 Å². The number of amides is 3. The monoisotopic (exact) mass is 1490 g/mol. The number of methoxy groups -OCH3 is 1. The maximum atomic E-state index is 12.9. The maximum Gasteiger partial charge on any atom is 0.332 e. The molecule has 7 aromatic carbocycles. The number of pyridine rings is 1. The molecule has 2 N–H and O–H groups in total. The number of unbranched alkanes of at least 4 members (excludes halogenated alkanes) is 1. The highest BCUT2D eigenvalue weighted by molar-refractivity contribution is 7.22. The van der Waals surface area contributed by atoms with E-state index < -0.39 is 11.6 Å². The Morgan fingerprint density at radius 2 is 1.41 bits per heavy atom. The summed E-state index contributed by atoms with van der Waals surface area (Å²) < 4.78 is 17.7. The number of rotatable bonds is 18. The van der Waals surface area contributed by atoms with E-state index in [9.17, 15) is 28.8 Å². The van der Waals surface area contributed by atoms with Crippen molar-refractivity contribution in [3.05, 3.63) is 306 Å². The first kappa shape index (κ1) is 75.2. The van der Waals surface area contributed by atoms with Crippen LogP contribution in [0.1, 0.15) is 97.0 Å². The summed E-state index contributed by atoms with van der Waals surface area (Å²) in [5.74, 6) is 0.946. The molecular formula is C85H87N17O7S. The van der Waals surface area contributed by atoms with Crippen molar-refractivity contribution in [1.82, 2.24) is 67.5 Å². The molecular weight excluding hydrogens is 1400 g/mol. The normalized spacial score (nSPS) is 11.6. The Balaban J connectivity index is 0.000000137. The highest BCUT2D eigenvalue weighted by Gasteiger charge is 2.28. The zero-order valence-electron chi connectivity index (χ0n) is 63.0. The number of fused-ring (bicyclic) bond motifs is 6. The highest BCUT2D eigenvalue weighted by atomic mass is 32.1. The Labute approximate surface area is 640 Å². The van der Waals surface area contributed by atoms with Gasteiger partial charge in [0.05, 0.1) is 46.3 Å². The first-order valence-electron chi connectivity index (χ1n) is 36.3. The lowest BCUT2D eigenvalue weighted by atomic mass is 10.1. The summed E-state index contributed by atoms with van der Waals surface area (Å²) in [6.45, 7) is 15.8. The van der Waals surface area contributed by atoms with Crippen molar-refractivity contribution in [2.45, 2.75) is 80.4 Å². The number of hydrogen-bond acceptors (Lipinski definition) is 15. The number of aromatic nitrogens is 13. The number of hydrogen-bond donors (Lipinski definition) is 2. The van der Waals surface area contributed by atoms with E-state index in [0.717, 1.165) is 119 Å². The fraction of sp³-hybridized carbons (Fsp3) is 0.224. The van der Waals surface area contributed by atoms with Crippen molar-refractivity contribution in [3.8, 4) is 16.9 Å². The number of para-hydroxylation sites is 2. The van der Waals surface area contributed by atoms with E-state index >= 15 is 0 Å². The summed E-state index contributed by atoms with van der Waals surface area (Å²) in [4.78, 5) is 97.9. The SMILES string of the molecule is CCCCN(c1ccccc1)c1ncnc2c1cnn2-c1ccc(C)cc1.COCCn1c(-c2ccc(C)cc2)c(C)n2c3c(=O)n(C)c(=O)n(C)c3nc12.Cc1ccc(C(=O)N2CCc3cc(CNC(=O)c4ccnn4C)ccc32)cc1.Cc1cccc(Cn2cccc(C(=O)Nc3nc4ccccc4s3)c2=O)c1.[HH]. The van der Waals surface area contributed by atoms with Crippen LogP contribution in [-0.2, 0) is 51.9 Å². The van der Waals surface area contributed by atoms with Crippen molar-refractivity contribution in [2.75, 3.05) is 41.9 Å². The predicted molar refractivity (Wildman–Crippen MR) is 436 cm³/mol. The molecule has 560 valence electrons. The number of ether oxygens (including phenoxy) is 1. The summed E-state index contributed by atoms with van der Waals surface area (Å²) in [5, 5.41) is 15.7. The van der Waals surface area contributed by atoms with Crippen LogP contribution in [-0.4, -0.2) is 107 Å². The van der Waals surface area contributed by atoms with Crippen LogP contribution in [0.15, 0.2) is 227 Å². The Morgan fingerprint density at radius 3 is 2.12 bits per heavy atom. The number of carbonyl (C=O) groups excluding carboxylic acids is 3. The van der Waals surface area contributed by atoms with Crippen molar-refractivity contribution in [3.63, 3.8) is 0 Å². The van der Waals surface area contributed by atoms with Crippen LogP contribution in [0, 0.1) is 34.6 Å². The third-order valence-corrected chi connectivity index (χ3v) is 20.2. The van der Waals surface area contributed by atoms with E-state index in [4.69, 9.17) is 4.74 Å². The number of nitrogens with one attached hydrogen (secondary N) is 2. The molecule has 110 heavy (non-hydrogen) atoms. The van der Waals surface area contributed by atoms with E-state index in [1.807, 2.05) is 143 Å². The first-order valence-corrected chi connectivity index (χ1v) is 37.1. The molecule has 0 spiro atoms. The number of anilines is 4. The third-order valence-electron chi connectivity index (χ3n) is 19.3. The van der Waals surface area contributed by atoms with E-state index in [1.165, 1.54) is 40.1 Å². The summed E-state index contributed by atoms with van der Waals surface area (Å²) in [5.41, 5.74) is 16.5. The Kier molecular flexibility index (Phi) is 22.9. The fourth-order valence-corrected chi connectivity index (χ4v) is 14.2. The van der Waals surface area contributed by atoms with Crippen molar-refractivity contribution in [1.29, 1.82) is 0 Å². The summed E-state index contributed by atoms with van der Waals surface area (Å²) >= 11 is 1.38. The van der Waals surface area contributed by atoms with Gasteiger partial charge in [-0.15, -0.1) is 0 Å². The average Bonchev–Trinajstić information content (AvgIpc) is 1.56. The van der Waals surface area contributed by atoms with Crippen LogP contribution in [0.4, 0.5) is 22.3 Å². The van der Waals surface area contributed by atoms with Crippen molar-refractivity contribution >= 4 is 89.6 Å². The van der Waals surface area contributed by atoms with Gasteiger partial charge in [0.1, 0.15) is 23.4 Å². The molecule has 0 saturated carbocycles. The van der Waals surface area contributed by atoms with Gasteiger partial charge in [-0.3, -0.25) is 47.5 Å². The third kappa shape index (κ3) is 16.1. The lowest BCUT2D eigenvalue weighted by molar-refractivity contribution is 0.0939. The molecule has 0 aliphatic carbocycles. The van der Waals surface area contributed by atoms with Crippen LogP contribution in [0.3, 0.4) is 0 Å². The largest absolute Gasteiger partial charge is 0.383 e. The van der Waals surface area contributed by atoms with E-state index in [-0.39, 0.29) is 29.9 Å². The van der Waals surface area contributed by atoms with E-state index in [0.29, 0.717) is 66.1 Å². The molecule has 0 radical (unpaired) electrons. The average molecular weight is 1490 g/mol. The Morgan fingerprint density at radius 1 is 0.682 bits per heavy atom. The lowest BCUT2D eigenvalue weighted by Gasteiger charge is -2.24. The van der Waals surface area contributed by atoms with Crippen LogP contribution in [0.5, 0.6) is 0 Å². The highest BCUT2D eigenvalue weighted by Crippen LogP contribution is 2.34. The lowest BCUT2D eigenvalue weighted by Crippen LogP contribution is -2.37. The zero-order chi connectivity index (χ0) is 77.3. The van der Waals surface area contributed by atoms with Gasteiger partial charge < -0.3 is 29.0 Å². The van der Waals surface area contributed by atoms with Gasteiger partial charge >= 0.3 is 5.69 Å². The van der Waals surface area contributed by atoms with Crippen LogP contribution < -0.4 is 37.2 Å². The maximum absolute atomic E-state index is 12.9. The minimum Gasteiger partial charge on any atom is -0.383 e. The summed E-state index contributed by atoms with van der Waals surface area (Å²) in [6.07, 6.45) is 9.82. The number of nitrogens with zero attached hydrogens (tertiary/aromatic N) is 15. The number of benzene rings is 7. The van der Waals surface area contributed by atoms with Crippen molar-refractivity contribution < 1.29 is 20.5 Å². The number of carbonyl (C=O) groups is 3. The minimum absolute atomic E-state index is 0. The van der Waals surface area contributed by atoms with Gasteiger partial charge in [0.2, 0.25) is 5.78 Å². The van der Waals surface area contributed by atoms with Gasteiger partial charge in [0.25, 0.3) is 28.8 Å². The van der Waals surface area contributed by atoms with Gasteiger partial charge in [0.15, 0.2) is 21.9 Å². The predicted octanol–water partition coefficient (Wildman–Crippen LogP) is 13.9. The summed E-state index contributed by atoms with van der Waals surface area (Å²) in [6, 6.07) is 61.2. The number of aryl methyl sites for hydroxylation is 7. The van der Waals surface area contributed by atoms with Gasteiger partial charge in [-0.2, -0.15) is 15.2 Å². The second-order valence-electron chi connectivity index (χ2n) is 27.1. The molecule has 0 unspecified atom stereocenters. The molecule has 1 aliphatic rings. The van der Waals surface area contributed by atoms with Crippen LogP contribution in [0.2, 0.25) is 0 Å². The Bertz CT molecular complexity index is 6020. The fourth-order valence-electron chi connectivity index (χ4n) is 13.4. The standard InChI is InChI=1S/C22H23N5.C22H22N4O2.C21H17N3O2S.C20H23N5O3.H2/c1-3-4-14-26(18-8-6-5-7-9-18)21-20-15-25-27(22(20)24-16-23-21)19-12-10-17(2)11-13-19;1-15-3-6-17(7-4-15)22(28)26-12-10-18-13-16(5-8-19(18)26)14-23-21(27)20-9-11-24-25(20)2;1-14-6-4-7-15(12-14)13-24-11-5-8-16(20(24)26)19(25)23-21-22-17-9-2-3-10-18(17)27-21;1-12-6-8-14(9-7-12)15-13(2)25-16-17(21-19(25)24(15)10-11-28-5)22(3)20(27)23(4)18(16)26;/h5-13,15-16H,3-4,14H2,1-2H3;3-9,11,13H,10,12,14H2,1-2H3,(H,23,27);2-12H,13H2,1H3,(H,22,23,25);6-9H,10-11H2,1-5H3;1H. The van der Waals surface area contributed by atoms with E-state index in [1.54, 1.807) is 61.3 Å². The van der Waals surface area contributed by atoms with Crippen molar-refractivity contribution in [2.24, 2.45) is 21.1 Å². The Hall–Kier alpha value is -13.0. The molecule has 3 amide bonds. The molecule has 0 saturated heterocycles. The van der Waals surface area contributed by atoms with Crippen LogP contribution >= 0.6 is 11.3 Å². The molecule has 0 fully saturated rings. The quantitative estimate of drug-likeness (QED) is 0.0810. The topological polar surface area (TPSA) is 254 Å². The summed E-state index contributed by atoms with van der Waals surface area (Å²) in [7, 11) is 6.51. The second-order valence-corrected chi connectivity index (χ2v) is 28.1. The van der Waals surface area contributed by atoms with Gasteiger partial charge in [-0.1, -0.05) is 162 Å². The molecule has 0 bridgehead atoms. The smallest absolute Gasteiger partial charge is 0.332 e. The number of thiazole rings is 1. The molecule has 8 aromatic heterocycles. The van der Waals surface area contributed by atoms with Gasteiger partial charge in [-0.25, -0.2) is 24.4 Å². The molecule has 15 aromatic rings. The second kappa shape index (κ2) is 33.4. The molecule has 9 heterocycles.